The van der Waals surface area contributed by atoms with Crippen LogP contribution in [0.3, 0.4) is 0 Å². The Labute approximate surface area is 200 Å². The molecule has 3 aromatic rings. The molecule has 1 amide bonds. The van der Waals surface area contributed by atoms with Crippen LogP contribution in [0.2, 0.25) is 10.0 Å². The maximum atomic E-state index is 14.0. The van der Waals surface area contributed by atoms with Gasteiger partial charge < -0.3 is 5.32 Å². The van der Waals surface area contributed by atoms with Crippen LogP contribution in [0.15, 0.2) is 24.3 Å². The van der Waals surface area contributed by atoms with Crippen LogP contribution in [0.1, 0.15) is 55.1 Å². The Morgan fingerprint density at radius 2 is 1.76 bits per heavy atom. The zero-order chi connectivity index (χ0) is 23.9. The largest absolute Gasteiger partial charge is 0.319 e. The van der Waals surface area contributed by atoms with Crippen molar-refractivity contribution in [2.45, 2.75) is 51.9 Å². The topological polar surface area (TPSA) is 98.0 Å². The zero-order valence-electron chi connectivity index (χ0n) is 18.6. The minimum atomic E-state index is -0.967. The van der Waals surface area contributed by atoms with E-state index in [0.29, 0.717) is 38.8 Å². The van der Waals surface area contributed by atoms with E-state index in [-0.39, 0.29) is 23.2 Å². The van der Waals surface area contributed by atoms with E-state index in [9.17, 15) is 14.9 Å². The highest BCUT2D eigenvalue weighted by molar-refractivity contribution is 6.42. The molecule has 1 heterocycles. The van der Waals surface area contributed by atoms with E-state index >= 15 is 0 Å². The molecule has 0 spiro atoms. The van der Waals surface area contributed by atoms with Gasteiger partial charge in [0.1, 0.15) is 5.69 Å². The molecule has 1 N–H and O–H groups in total. The fourth-order valence-corrected chi connectivity index (χ4v) is 6.17. The van der Waals surface area contributed by atoms with E-state index in [4.69, 9.17) is 33.2 Å². The molecule has 9 heteroatoms. The molecule has 1 saturated carbocycles. The van der Waals surface area contributed by atoms with Gasteiger partial charge in [-0.05, 0) is 55.4 Å². The standard InChI is InChI=1S/C24H22Cl2N4O3/c1-11-7-12(2)19(18(8-11)30(32)33)29-22(31)24-6-5-13(23(24,3)4)20-21(24)28-17-10-15(26)14(25)9-16(17)27-20/h7-10,13H,5-6H2,1-4H3,(H,29,31). The second kappa shape index (κ2) is 7.11. The van der Waals surface area contributed by atoms with Crippen molar-refractivity contribution in [2.75, 3.05) is 5.32 Å². The van der Waals surface area contributed by atoms with Gasteiger partial charge in [-0.3, -0.25) is 14.9 Å². The molecule has 1 fully saturated rings. The van der Waals surface area contributed by atoms with Gasteiger partial charge in [0.2, 0.25) is 5.91 Å². The van der Waals surface area contributed by atoms with Gasteiger partial charge in [0.15, 0.2) is 0 Å². The minimum Gasteiger partial charge on any atom is -0.319 e. The molecular weight excluding hydrogens is 463 g/mol. The van der Waals surface area contributed by atoms with Gasteiger partial charge in [-0.1, -0.05) is 43.1 Å². The summed E-state index contributed by atoms with van der Waals surface area (Å²) in [6.07, 6.45) is 1.37. The number of fused-ring (bicyclic) bond motifs is 6. The van der Waals surface area contributed by atoms with Crippen molar-refractivity contribution in [2.24, 2.45) is 5.41 Å². The van der Waals surface area contributed by atoms with Crippen LogP contribution < -0.4 is 5.32 Å². The first-order valence-electron chi connectivity index (χ1n) is 10.7. The van der Waals surface area contributed by atoms with E-state index in [1.807, 2.05) is 6.07 Å². The quantitative estimate of drug-likeness (QED) is 0.349. The summed E-state index contributed by atoms with van der Waals surface area (Å²) in [4.78, 5) is 35.0. The Morgan fingerprint density at radius 3 is 2.39 bits per heavy atom. The Morgan fingerprint density at radius 1 is 1.12 bits per heavy atom. The molecule has 1 aromatic heterocycles. The molecule has 2 aliphatic rings. The molecule has 2 unspecified atom stereocenters. The van der Waals surface area contributed by atoms with Crippen LogP contribution in [0.25, 0.3) is 11.0 Å². The van der Waals surface area contributed by atoms with Crippen molar-refractivity contribution in [1.29, 1.82) is 0 Å². The van der Waals surface area contributed by atoms with Crippen LogP contribution in [0.4, 0.5) is 11.4 Å². The van der Waals surface area contributed by atoms with E-state index in [2.05, 4.69) is 19.2 Å². The van der Waals surface area contributed by atoms with Gasteiger partial charge in [-0.15, -0.1) is 0 Å². The molecule has 0 radical (unpaired) electrons. The molecule has 7 nitrogen and oxygen atoms in total. The predicted octanol–water partition coefficient (Wildman–Crippen LogP) is 6.26. The van der Waals surface area contributed by atoms with Crippen molar-refractivity contribution in [3.05, 3.63) is 66.9 Å². The first kappa shape index (κ1) is 22.0. The van der Waals surface area contributed by atoms with Crippen LogP contribution in [-0.4, -0.2) is 20.8 Å². The average molecular weight is 485 g/mol. The molecule has 5 rings (SSSR count). The highest BCUT2D eigenvalue weighted by Crippen LogP contribution is 2.67. The second-order valence-electron chi connectivity index (χ2n) is 9.62. The Kier molecular flexibility index (Phi) is 4.75. The lowest BCUT2D eigenvalue weighted by molar-refractivity contribution is -0.384. The Bertz CT molecular complexity index is 1390. The number of rotatable bonds is 3. The molecule has 2 aromatic carbocycles. The normalized spacial score (nSPS) is 22.4. The molecule has 2 atom stereocenters. The number of nitro groups is 1. The van der Waals surface area contributed by atoms with E-state index in [0.717, 1.165) is 17.7 Å². The van der Waals surface area contributed by atoms with Crippen molar-refractivity contribution >= 4 is 51.5 Å². The summed E-state index contributed by atoms with van der Waals surface area (Å²) in [7, 11) is 0. The third kappa shape index (κ3) is 2.91. The first-order chi connectivity index (χ1) is 15.5. The Balaban J connectivity index is 1.68. The fraction of sp³-hybridized carbons (Fsp3) is 0.375. The molecule has 33 heavy (non-hydrogen) atoms. The fourth-order valence-electron chi connectivity index (χ4n) is 5.85. The van der Waals surface area contributed by atoms with Crippen molar-refractivity contribution in [3.63, 3.8) is 0 Å². The van der Waals surface area contributed by atoms with Crippen LogP contribution in [-0.2, 0) is 10.2 Å². The number of aryl methyl sites for hydroxylation is 2. The highest BCUT2D eigenvalue weighted by Gasteiger charge is 2.68. The maximum Gasteiger partial charge on any atom is 0.293 e. The molecule has 2 aliphatic carbocycles. The third-order valence-electron chi connectivity index (χ3n) is 7.53. The predicted molar refractivity (Wildman–Crippen MR) is 128 cm³/mol. The van der Waals surface area contributed by atoms with Crippen LogP contribution >= 0.6 is 23.2 Å². The van der Waals surface area contributed by atoms with E-state index in [1.54, 1.807) is 26.0 Å². The third-order valence-corrected chi connectivity index (χ3v) is 8.25. The molecule has 0 saturated heterocycles. The second-order valence-corrected chi connectivity index (χ2v) is 10.4. The van der Waals surface area contributed by atoms with Crippen LogP contribution in [0, 0.1) is 29.4 Å². The summed E-state index contributed by atoms with van der Waals surface area (Å²) in [5.74, 6) is -0.254. The monoisotopic (exact) mass is 484 g/mol. The number of halogens is 2. The minimum absolute atomic E-state index is 0.0405. The van der Waals surface area contributed by atoms with Crippen molar-refractivity contribution in [3.8, 4) is 0 Å². The summed E-state index contributed by atoms with van der Waals surface area (Å²) < 4.78 is 0. The van der Waals surface area contributed by atoms with Crippen LogP contribution in [0.5, 0.6) is 0 Å². The number of hydrogen-bond acceptors (Lipinski definition) is 5. The summed E-state index contributed by atoms with van der Waals surface area (Å²) in [6.45, 7) is 7.65. The van der Waals surface area contributed by atoms with E-state index < -0.39 is 15.8 Å². The lowest BCUT2D eigenvalue weighted by Crippen LogP contribution is -2.47. The number of nitrogens with zero attached hydrogens (tertiary/aromatic N) is 3. The Hall–Kier alpha value is -2.77. The summed E-state index contributed by atoms with van der Waals surface area (Å²) >= 11 is 12.4. The number of carbonyl (C=O) groups excluding carboxylic acids is 1. The molecular formula is C24H22Cl2N4O3. The lowest BCUT2D eigenvalue weighted by atomic mass is 9.67. The lowest BCUT2D eigenvalue weighted by Gasteiger charge is -2.36. The highest BCUT2D eigenvalue weighted by atomic mass is 35.5. The molecule has 0 aliphatic heterocycles. The van der Waals surface area contributed by atoms with Crippen molar-refractivity contribution in [1.82, 2.24) is 9.97 Å². The number of anilines is 1. The number of aromatic nitrogens is 2. The van der Waals surface area contributed by atoms with E-state index in [1.165, 1.54) is 6.07 Å². The number of nitro benzene ring substituents is 1. The SMILES string of the molecule is Cc1cc(C)c(NC(=O)C23CCC(c4nc5cc(Cl)c(Cl)cc5nc42)C3(C)C)c([N+](=O)[O-])c1. The van der Waals surface area contributed by atoms with Gasteiger partial charge in [0.05, 0.1) is 42.8 Å². The number of amides is 1. The van der Waals surface area contributed by atoms with Gasteiger partial charge in [0, 0.05) is 12.0 Å². The zero-order valence-corrected chi connectivity index (χ0v) is 20.1. The smallest absolute Gasteiger partial charge is 0.293 e. The summed E-state index contributed by atoms with van der Waals surface area (Å²) in [5, 5.41) is 15.4. The van der Waals surface area contributed by atoms with Crippen molar-refractivity contribution < 1.29 is 9.72 Å². The average Bonchev–Trinajstić information content (AvgIpc) is 3.10. The number of hydrogen-bond donors (Lipinski definition) is 1. The number of nitrogens with one attached hydrogen (secondary N) is 1. The summed E-state index contributed by atoms with van der Waals surface area (Å²) in [6, 6.07) is 6.65. The first-order valence-corrected chi connectivity index (χ1v) is 11.5. The molecule has 170 valence electrons. The molecule has 2 bridgehead atoms. The summed E-state index contributed by atoms with van der Waals surface area (Å²) in [5.41, 5.74) is 2.68. The maximum absolute atomic E-state index is 14.0. The van der Waals surface area contributed by atoms with Gasteiger partial charge in [-0.25, -0.2) is 9.97 Å². The number of carbonyl (C=O) groups is 1. The number of benzene rings is 2. The van der Waals surface area contributed by atoms with Gasteiger partial charge in [0.25, 0.3) is 5.69 Å². The van der Waals surface area contributed by atoms with Gasteiger partial charge in [-0.2, -0.15) is 0 Å². The van der Waals surface area contributed by atoms with Gasteiger partial charge >= 0.3 is 0 Å².